The minimum atomic E-state index is -3.43. The van der Waals surface area contributed by atoms with E-state index in [0.29, 0.717) is 11.4 Å². The summed E-state index contributed by atoms with van der Waals surface area (Å²) < 4.78 is 26.2. The van der Waals surface area contributed by atoms with Crippen LogP contribution in [0.1, 0.15) is 11.4 Å². The van der Waals surface area contributed by atoms with E-state index in [9.17, 15) is 8.42 Å². The van der Waals surface area contributed by atoms with Gasteiger partial charge in [-0.05, 0) is 18.2 Å². The summed E-state index contributed by atoms with van der Waals surface area (Å²) >= 11 is 0. The van der Waals surface area contributed by atoms with Crippen molar-refractivity contribution in [2.45, 2.75) is 18.0 Å². The van der Waals surface area contributed by atoms with Crippen LogP contribution in [0.15, 0.2) is 41.6 Å². The molecule has 20 heavy (non-hydrogen) atoms. The van der Waals surface area contributed by atoms with Crippen molar-refractivity contribution in [1.29, 1.82) is 5.26 Å². The van der Waals surface area contributed by atoms with Crippen molar-refractivity contribution in [1.82, 2.24) is 9.55 Å². The molecule has 7 heteroatoms. The van der Waals surface area contributed by atoms with E-state index in [0.717, 1.165) is 0 Å². The molecule has 0 unspecified atom stereocenters. The number of aromatic nitrogens is 2. The van der Waals surface area contributed by atoms with Gasteiger partial charge in [0.1, 0.15) is 5.82 Å². The SMILES string of the molecule is N#Cc1cccc(S(=O)(=O)CCn2ccnc2CN)c1. The molecule has 0 amide bonds. The van der Waals surface area contributed by atoms with E-state index < -0.39 is 9.84 Å². The molecule has 0 spiro atoms. The molecule has 1 aromatic heterocycles. The molecule has 1 aromatic carbocycles. The Bertz CT molecular complexity index is 744. The zero-order valence-electron chi connectivity index (χ0n) is 10.7. The first-order valence-electron chi connectivity index (χ1n) is 6.00. The molecule has 0 radical (unpaired) electrons. The molecule has 0 aliphatic carbocycles. The molecule has 0 aliphatic rings. The van der Waals surface area contributed by atoms with Crippen LogP contribution < -0.4 is 5.73 Å². The molecule has 0 bridgehead atoms. The van der Waals surface area contributed by atoms with Gasteiger partial charge in [-0.1, -0.05) is 6.07 Å². The second kappa shape index (κ2) is 5.86. The molecule has 0 saturated heterocycles. The fourth-order valence-electron chi connectivity index (χ4n) is 1.83. The summed E-state index contributed by atoms with van der Waals surface area (Å²) in [6.07, 6.45) is 3.29. The number of rotatable bonds is 5. The van der Waals surface area contributed by atoms with Gasteiger partial charge in [0.2, 0.25) is 0 Å². The van der Waals surface area contributed by atoms with Crippen molar-refractivity contribution in [2.24, 2.45) is 5.73 Å². The number of aryl methyl sites for hydroxylation is 1. The van der Waals surface area contributed by atoms with Crippen molar-refractivity contribution in [3.63, 3.8) is 0 Å². The number of nitrogens with two attached hydrogens (primary N) is 1. The van der Waals surface area contributed by atoms with E-state index in [2.05, 4.69) is 4.98 Å². The molecule has 0 saturated carbocycles. The highest BCUT2D eigenvalue weighted by Gasteiger charge is 2.15. The van der Waals surface area contributed by atoms with Crippen LogP contribution >= 0.6 is 0 Å². The number of hydrogen-bond acceptors (Lipinski definition) is 5. The third-order valence-electron chi connectivity index (χ3n) is 2.91. The molecular formula is C13H14N4O2S. The maximum Gasteiger partial charge on any atom is 0.180 e. The van der Waals surface area contributed by atoms with Gasteiger partial charge in [-0.15, -0.1) is 0 Å². The monoisotopic (exact) mass is 290 g/mol. The molecule has 2 N–H and O–H groups in total. The van der Waals surface area contributed by atoms with E-state index in [-0.39, 0.29) is 23.7 Å². The Morgan fingerprint density at radius 2 is 2.20 bits per heavy atom. The van der Waals surface area contributed by atoms with Gasteiger partial charge in [0.15, 0.2) is 9.84 Å². The lowest BCUT2D eigenvalue weighted by molar-refractivity contribution is 0.586. The van der Waals surface area contributed by atoms with Crippen molar-refractivity contribution in [2.75, 3.05) is 5.75 Å². The van der Waals surface area contributed by atoms with Gasteiger partial charge in [-0.3, -0.25) is 0 Å². The van der Waals surface area contributed by atoms with Crippen LogP contribution in [0.3, 0.4) is 0 Å². The fourth-order valence-corrected chi connectivity index (χ4v) is 3.09. The van der Waals surface area contributed by atoms with Crippen LogP contribution in [-0.4, -0.2) is 23.7 Å². The lowest BCUT2D eigenvalue weighted by atomic mass is 10.2. The molecule has 1 heterocycles. The van der Waals surface area contributed by atoms with Crippen molar-refractivity contribution in [3.8, 4) is 6.07 Å². The second-order valence-corrected chi connectivity index (χ2v) is 6.31. The highest BCUT2D eigenvalue weighted by atomic mass is 32.2. The number of imidazole rings is 1. The maximum absolute atomic E-state index is 12.2. The third-order valence-corrected chi connectivity index (χ3v) is 4.60. The predicted molar refractivity (Wildman–Crippen MR) is 73.3 cm³/mol. The van der Waals surface area contributed by atoms with Gasteiger partial charge in [0, 0.05) is 18.9 Å². The number of sulfone groups is 1. The summed E-state index contributed by atoms with van der Waals surface area (Å²) in [5, 5.41) is 8.81. The zero-order chi connectivity index (χ0) is 14.6. The Balaban J connectivity index is 2.17. The van der Waals surface area contributed by atoms with E-state index in [1.807, 2.05) is 6.07 Å². The van der Waals surface area contributed by atoms with Crippen molar-refractivity contribution >= 4 is 9.84 Å². The van der Waals surface area contributed by atoms with Crippen LogP contribution in [0.2, 0.25) is 0 Å². The first kappa shape index (κ1) is 14.2. The van der Waals surface area contributed by atoms with E-state index in [1.54, 1.807) is 29.1 Å². The highest BCUT2D eigenvalue weighted by molar-refractivity contribution is 7.91. The Kier molecular flexibility index (Phi) is 4.17. The van der Waals surface area contributed by atoms with Crippen LogP contribution in [0.5, 0.6) is 0 Å². The lowest BCUT2D eigenvalue weighted by Crippen LogP contribution is -2.16. The molecule has 0 atom stereocenters. The van der Waals surface area contributed by atoms with Gasteiger partial charge < -0.3 is 10.3 Å². The largest absolute Gasteiger partial charge is 0.333 e. The van der Waals surface area contributed by atoms with Gasteiger partial charge >= 0.3 is 0 Å². The average molecular weight is 290 g/mol. The molecular weight excluding hydrogens is 276 g/mol. The normalized spacial score (nSPS) is 11.2. The number of nitriles is 1. The molecule has 0 fully saturated rings. The number of hydrogen-bond donors (Lipinski definition) is 1. The van der Waals surface area contributed by atoms with Crippen LogP contribution in [0.25, 0.3) is 0 Å². The van der Waals surface area contributed by atoms with Crippen molar-refractivity contribution in [3.05, 3.63) is 48.0 Å². The standard InChI is InChI=1S/C13H14N4O2S/c14-9-11-2-1-3-12(8-11)20(18,19)7-6-17-5-4-16-13(17)10-15/h1-5,8H,6-7,10,15H2. The lowest BCUT2D eigenvalue weighted by Gasteiger charge is -2.08. The average Bonchev–Trinajstić information content (AvgIpc) is 2.93. The first-order valence-corrected chi connectivity index (χ1v) is 7.65. The molecule has 2 aromatic rings. The molecule has 2 rings (SSSR count). The fraction of sp³-hybridized carbons (Fsp3) is 0.231. The van der Waals surface area contributed by atoms with E-state index in [1.165, 1.54) is 12.1 Å². The summed E-state index contributed by atoms with van der Waals surface area (Å²) in [7, 11) is -3.43. The van der Waals surface area contributed by atoms with E-state index >= 15 is 0 Å². The predicted octanol–water partition coefficient (Wildman–Crippen LogP) is 0.687. The zero-order valence-corrected chi connectivity index (χ0v) is 11.5. The third kappa shape index (κ3) is 3.04. The topological polar surface area (TPSA) is 102 Å². The van der Waals surface area contributed by atoms with Gasteiger partial charge in [0.05, 0.1) is 28.8 Å². The van der Waals surface area contributed by atoms with E-state index in [4.69, 9.17) is 11.0 Å². The number of benzene rings is 1. The summed E-state index contributed by atoms with van der Waals surface area (Å²) in [6, 6.07) is 7.94. The smallest absolute Gasteiger partial charge is 0.180 e. The van der Waals surface area contributed by atoms with Crippen LogP contribution in [-0.2, 0) is 22.9 Å². The number of nitrogens with zero attached hydrogens (tertiary/aromatic N) is 3. The second-order valence-electron chi connectivity index (χ2n) is 4.20. The molecule has 0 aliphatic heterocycles. The van der Waals surface area contributed by atoms with Crippen molar-refractivity contribution < 1.29 is 8.42 Å². The van der Waals surface area contributed by atoms with Gasteiger partial charge in [0.25, 0.3) is 0 Å². The minimum absolute atomic E-state index is 0.0642. The Morgan fingerprint density at radius 1 is 1.40 bits per heavy atom. The summed E-state index contributed by atoms with van der Waals surface area (Å²) in [4.78, 5) is 4.19. The minimum Gasteiger partial charge on any atom is -0.333 e. The van der Waals surface area contributed by atoms with Crippen LogP contribution in [0.4, 0.5) is 0 Å². The van der Waals surface area contributed by atoms with Gasteiger partial charge in [-0.25, -0.2) is 13.4 Å². The van der Waals surface area contributed by atoms with Crippen LogP contribution in [0, 0.1) is 11.3 Å². The van der Waals surface area contributed by atoms with Gasteiger partial charge in [-0.2, -0.15) is 5.26 Å². The Labute approximate surface area is 117 Å². The molecule has 104 valence electrons. The summed E-state index contributed by atoms with van der Waals surface area (Å²) in [5.74, 6) is 0.580. The Morgan fingerprint density at radius 3 is 2.90 bits per heavy atom. The maximum atomic E-state index is 12.2. The molecule has 6 nitrogen and oxygen atoms in total. The Hall–Kier alpha value is -2.17. The summed E-state index contributed by atoms with van der Waals surface area (Å²) in [5.41, 5.74) is 5.84. The highest BCUT2D eigenvalue weighted by Crippen LogP contribution is 2.13. The summed E-state index contributed by atoms with van der Waals surface area (Å²) in [6.45, 7) is 0.544. The quantitative estimate of drug-likeness (QED) is 0.872. The first-order chi connectivity index (χ1) is 9.56.